The van der Waals surface area contributed by atoms with E-state index in [1.54, 1.807) is 13.0 Å². The number of anilines is 1. The Balaban J connectivity index is 2.40. The van der Waals surface area contributed by atoms with Gasteiger partial charge < -0.3 is 4.98 Å². The second-order valence-electron chi connectivity index (χ2n) is 3.66. The maximum atomic E-state index is 12.0. The molecule has 2 heterocycles. The monoisotopic (exact) mass is 265 g/mol. The van der Waals surface area contributed by atoms with Crippen molar-refractivity contribution in [3.63, 3.8) is 0 Å². The lowest BCUT2D eigenvalue weighted by Crippen LogP contribution is -2.20. The summed E-state index contributed by atoms with van der Waals surface area (Å²) in [5.74, 6) is 0. The molecule has 0 bridgehead atoms. The van der Waals surface area contributed by atoms with Crippen LogP contribution in [-0.4, -0.2) is 18.4 Å². The van der Waals surface area contributed by atoms with Crippen molar-refractivity contribution in [2.24, 2.45) is 0 Å². The summed E-state index contributed by atoms with van der Waals surface area (Å²) in [6.45, 7) is 1.74. The van der Waals surface area contributed by atoms with E-state index in [4.69, 9.17) is 0 Å². The maximum Gasteiger partial charge on any atom is 0.267 e. The molecule has 0 aliphatic heterocycles. The first-order valence-corrected chi connectivity index (χ1v) is 6.60. The third-order valence-corrected chi connectivity index (χ3v) is 3.63. The van der Waals surface area contributed by atoms with Crippen LogP contribution in [0.3, 0.4) is 0 Å². The summed E-state index contributed by atoms with van der Waals surface area (Å²) in [6, 6.07) is 4.25. The average molecular weight is 265 g/mol. The van der Waals surface area contributed by atoms with Crippen LogP contribution in [0.1, 0.15) is 5.69 Å². The van der Waals surface area contributed by atoms with Crippen molar-refractivity contribution in [3.8, 4) is 0 Å². The molecule has 0 fully saturated rings. The molecule has 0 unspecified atom stereocenters. The Kier molecular flexibility index (Phi) is 3.15. The van der Waals surface area contributed by atoms with Crippen LogP contribution in [-0.2, 0) is 10.0 Å². The highest BCUT2D eigenvalue weighted by atomic mass is 32.2. The highest BCUT2D eigenvalue weighted by Crippen LogP contribution is 2.12. The largest absolute Gasteiger partial charge is 0.366 e. The Morgan fingerprint density at radius 2 is 2.11 bits per heavy atom. The first kappa shape index (κ1) is 12.3. The first-order chi connectivity index (χ1) is 8.49. The summed E-state index contributed by atoms with van der Waals surface area (Å²) >= 11 is 0. The quantitative estimate of drug-likeness (QED) is 0.861. The van der Waals surface area contributed by atoms with E-state index in [2.05, 4.69) is 14.7 Å². The summed E-state index contributed by atoms with van der Waals surface area (Å²) < 4.78 is 26.3. The van der Waals surface area contributed by atoms with E-state index < -0.39 is 15.5 Å². The molecule has 0 aliphatic rings. The average Bonchev–Trinajstić information content (AvgIpc) is 2.28. The van der Waals surface area contributed by atoms with Crippen LogP contribution in [0.5, 0.6) is 0 Å². The van der Waals surface area contributed by atoms with Crippen LogP contribution in [0.4, 0.5) is 5.69 Å². The Morgan fingerprint density at radius 1 is 1.33 bits per heavy atom. The molecule has 0 spiro atoms. The van der Waals surface area contributed by atoms with Gasteiger partial charge in [-0.2, -0.15) is 0 Å². The number of pyridine rings is 2. The molecule has 2 N–H and O–H groups in total. The van der Waals surface area contributed by atoms with Gasteiger partial charge >= 0.3 is 0 Å². The van der Waals surface area contributed by atoms with E-state index >= 15 is 0 Å². The molecule has 0 saturated carbocycles. The predicted octanol–water partition coefficient (Wildman–Crippen LogP) is 0.879. The van der Waals surface area contributed by atoms with E-state index in [0.29, 0.717) is 11.4 Å². The zero-order chi connectivity index (χ0) is 13.2. The van der Waals surface area contributed by atoms with Crippen LogP contribution >= 0.6 is 0 Å². The van der Waals surface area contributed by atoms with Crippen molar-refractivity contribution in [3.05, 3.63) is 52.7 Å². The van der Waals surface area contributed by atoms with Gasteiger partial charge in [0.15, 0.2) is 4.90 Å². The van der Waals surface area contributed by atoms with Gasteiger partial charge in [-0.25, -0.2) is 8.42 Å². The summed E-state index contributed by atoms with van der Waals surface area (Å²) in [6.07, 6.45) is 4.01. The summed E-state index contributed by atoms with van der Waals surface area (Å²) in [7, 11) is -3.88. The summed E-state index contributed by atoms with van der Waals surface area (Å²) in [5, 5.41) is 0. The molecule has 0 saturated heterocycles. The van der Waals surface area contributed by atoms with Gasteiger partial charge in [0.25, 0.3) is 10.0 Å². The zero-order valence-electron chi connectivity index (χ0n) is 9.54. The van der Waals surface area contributed by atoms with Gasteiger partial charge in [0.1, 0.15) is 0 Å². The van der Waals surface area contributed by atoms with Gasteiger partial charge in [-0.15, -0.1) is 0 Å². The van der Waals surface area contributed by atoms with Crippen LogP contribution in [0.2, 0.25) is 0 Å². The minimum absolute atomic E-state index is 0.320. The third kappa shape index (κ3) is 2.57. The lowest BCUT2D eigenvalue weighted by molar-refractivity contribution is 0.600. The number of aromatic nitrogens is 2. The number of nitrogens with zero attached hydrogens (tertiary/aromatic N) is 1. The maximum absolute atomic E-state index is 12.0. The molecule has 94 valence electrons. The lowest BCUT2D eigenvalue weighted by atomic mass is 10.3. The van der Waals surface area contributed by atoms with Crippen molar-refractivity contribution >= 4 is 15.7 Å². The van der Waals surface area contributed by atoms with Crippen molar-refractivity contribution in [2.45, 2.75) is 11.8 Å². The molecule has 2 aromatic heterocycles. The molecule has 0 radical (unpaired) electrons. The normalized spacial score (nSPS) is 11.2. The molecule has 2 rings (SSSR count). The minimum Gasteiger partial charge on any atom is -0.366 e. The highest BCUT2D eigenvalue weighted by molar-refractivity contribution is 7.92. The van der Waals surface area contributed by atoms with Crippen LogP contribution < -0.4 is 10.2 Å². The standard InChI is InChI=1S/C11H11N3O3S/c1-8-6-9(2-5-13-8)14-18(16,17)11-7-12-4-3-10(11)15/h2-7H,1H3,(H,12,15)(H,13,14). The second-order valence-corrected chi connectivity index (χ2v) is 5.32. The minimum atomic E-state index is -3.88. The number of aryl methyl sites for hydroxylation is 1. The van der Waals surface area contributed by atoms with Crippen LogP contribution in [0.15, 0.2) is 46.5 Å². The number of sulfonamides is 1. The van der Waals surface area contributed by atoms with Crippen molar-refractivity contribution < 1.29 is 8.42 Å². The third-order valence-electron chi connectivity index (χ3n) is 2.23. The Morgan fingerprint density at radius 3 is 2.78 bits per heavy atom. The van der Waals surface area contributed by atoms with Gasteiger partial charge in [0.05, 0.1) is 5.69 Å². The summed E-state index contributed by atoms with van der Waals surface area (Å²) in [4.78, 5) is 17.7. The SMILES string of the molecule is Cc1cc(NS(=O)(=O)c2c[nH]ccc2=O)ccn1. The van der Waals surface area contributed by atoms with E-state index in [1.165, 1.54) is 18.5 Å². The number of hydrogen-bond acceptors (Lipinski definition) is 4. The molecule has 2 aromatic rings. The van der Waals surface area contributed by atoms with E-state index in [0.717, 1.165) is 12.3 Å². The van der Waals surface area contributed by atoms with Gasteiger partial charge in [-0.05, 0) is 19.1 Å². The topological polar surface area (TPSA) is 91.9 Å². The Bertz CT molecular complexity index is 722. The van der Waals surface area contributed by atoms with Crippen molar-refractivity contribution in [1.82, 2.24) is 9.97 Å². The van der Waals surface area contributed by atoms with Gasteiger partial charge in [-0.3, -0.25) is 14.5 Å². The smallest absolute Gasteiger partial charge is 0.267 e. The number of hydrogen-bond donors (Lipinski definition) is 2. The molecular formula is C11H11N3O3S. The van der Waals surface area contributed by atoms with Crippen LogP contribution in [0, 0.1) is 6.92 Å². The predicted molar refractivity (Wildman–Crippen MR) is 66.8 cm³/mol. The molecule has 0 atom stereocenters. The number of aromatic amines is 1. The number of rotatable bonds is 3. The number of nitrogens with one attached hydrogen (secondary N) is 2. The van der Waals surface area contributed by atoms with E-state index in [1.807, 2.05) is 0 Å². The van der Waals surface area contributed by atoms with Gasteiger partial charge in [0.2, 0.25) is 5.43 Å². The second kappa shape index (κ2) is 4.61. The fourth-order valence-electron chi connectivity index (χ4n) is 1.43. The summed E-state index contributed by atoms with van der Waals surface area (Å²) in [5.41, 5.74) is 0.481. The fourth-order valence-corrected chi connectivity index (χ4v) is 2.53. The number of H-pyrrole nitrogens is 1. The molecule has 0 aromatic carbocycles. The molecule has 7 heteroatoms. The van der Waals surface area contributed by atoms with E-state index in [9.17, 15) is 13.2 Å². The van der Waals surface area contributed by atoms with E-state index in [-0.39, 0.29) is 4.90 Å². The molecule has 18 heavy (non-hydrogen) atoms. The molecular weight excluding hydrogens is 254 g/mol. The molecule has 6 nitrogen and oxygen atoms in total. The lowest BCUT2D eigenvalue weighted by Gasteiger charge is -2.07. The van der Waals surface area contributed by atoms with Crippen molar-refractivity contribution in [1.29, 1.82) is 0 Å². The first-order valence-electron chi connectivity index (χ1n) is 5.11. The van der Waals surface area contributed by atoms with Crippen LogP contribution in [0.25, 0.3) is 0 Å². The fraction of sp³-hybridized carbons (Fsp3) is 0.0909. The highest BCUT2D eigenvalue weighted by Gasteiger charge is 2.17. The van der Waals surface area contributed by atoms with Gasteiger partial charge in [-0.1, -0.05) is 0 Å². The Labute approximate surface area is 104 Å². The molecule has 0 aliphatic carbocycles. The molecule has 0 amide bonds. The Hall–Kier alpha value is -2.15. The van der Waals surface area contributed by atoms with Crippen molar-refractivity contribution in [2.75, 3.05) is 4.72 Å². The zero-order valence-corrected chi connectivity index (χ0v) is 10.4. The van der Waals surface area contributed by atoms with Gasteiger partial charge in [0, 0.05) is 30.4 Å².